The third kappa shape index (κ3) is 4.41. The van der Waals surface area contributed by atoms with Gasteiger partial charge in [-0.1, -0.05) is 31.4 Å². The maximum Gasteiger partial charge on any atom is 0.251 e. The quantitative estimate of drug-likeness (QED) is 0.759. The molecule has 29 heavy (non-hydrogen) atoms. The zero-order valence-corrected chi connectivity index (χ0v) is 16.9. The normalized spacial score (nSPS) is 26.8. The highest BCUT2D eigenvalue weighted by atomic mass is 16.5. The van der Waals surface area contributed by atoms with Crippen LogP contribution in [0.4, 0.5) is 0 Å². The number of ether oxygens (including phenoxy) is 2. The maximum absolute atomic E-state index is 13.1. The highest BCUT2D eigenvalue weighted by molar-refractivity contribution is 5.86. The van der Waals surface area contributed by atoms with E-state index < -0.39 is 17.7 Å². The first-order valence-electron chi connectivity index (χ1n) is 10.6. The molecule has 2 amide bonds. The number of rotatable bonds is 6. The standard InChI is InChI=1S/C22H30N2O5/c1-28-17-9-5-15(6-10-17)19-20(29-13-18(25)24(19)16-7-8-16)21(26)23-14-22(27)11-3-2-4-12-22/h5-6,9-10,16,19-20,27H,2-4,7-8,11-14H2,1H3,(H,23,26)/t19-,20+/m1/s1. The van der Waals surface area contributed by atoms with E-state index >= 15 is 0 Å². The Morgan fingerprint density at radius 2 is 1.93 bits per heavy atom. The minimum atomic E-state index is -0.843. The monoisotopic (exact) mass is 402 g/mol. The van der Waals surface area contributed by atoms with Gasteiger partial charge in [-0.2, -0.15) is 0 Å². The van der Waals surface area contributed by atoms with Crippen LogP contribution >= 0.6 is 0 Å². The van der Waals surface area contributed by atoms with E-state index in [1.54, 1.807) is 7.11 Å². The molecule has 2 aliphatic carbocycles. The molecule has 0 spiro atoms. The lowest BCUT2D eigenvalue weighted by molar-refractivity contribution is -0.165. The number of morpholine rings is 1. The first-order chi connectivity index (χ1) is 14.0. The number of hydrogen-bond donors (Lipinski definition) is 2. The van der Waals surface area contributed by atoms with Crippen LogP contribution in [0.5, 0.6) is 5.75 Å². The van der Waals surface area contributed by atoms with Crippen LogP contribution in [0.25, 0.3) is 0 Å². The van der Waals surface area contributed by atoms with E-state index in [2.05, 4.69) is 5.32 Å². The molecule has 2 atom stereocenters. The van der Waals surface area contributed by atoms with Crippen LogP contribution in [0.1, 0.15) is 56.6 Å². The van der Waals surface area contributed by atoms with Crippen molar-refractivity contribution in [3.8, 4) is 5.75 Å². The van der Waals surface area contributed by atoms with E-state index in [4.69, 9.17) is 9.47 Å². The van der Waals surface area contributed by atoms with Crippen molar-refractivity contribution in [2.45, 2.75) is 68.7 Å². The fourth-order valence-corrected chi connectivity index (χ4v) is 4.51. The van der Waals surface area contributed by atoms with Crippen LogP contribution in [0.2, 0.25) is 0 Å². The van der Waals surface area contributed by atoms with Crippen LogP contribution in [-0.4, -0.2) is 59.8 Å². The van der Waals surface area contributed by atoms with Gasteiger partial charge in [0.25, 0.3) is 5.91 Å². The molecule has 1 aromatic rings. The van der Waals surface area contributed by atoms with Crippen LogP contribution in [0.3, 0.4) is 0 Å². The van der Waals surface area contributed by atoms with Crippen LogP contribution in [-0.2, 0) is 14.3 Å². The number of aliphatic hydroxyl groups is 1. The number of hydrogen-bond acceptors (Lipinski definition) is 5. The number of nitrogens with zero attached hydrogens (tertiary/aromatic N) is 1. The third-order valence-corrected chi connectivity index (χ3v) is 6.29. The van der Waals surface area contributed by atoms with E-state index in [1.807, 2.05) is 29.2 Å². The molecule has 0 radical (unpaired) electrons. The van der Waals surface area contributed by atoms with Gasteiger partial charge < -0.3 is 24.8 Å². The number of benzene rings is 1. The van der Waals surface area contributed by atoms with Crippen molar-refractivity contribution in [1.82, 2.24) is 10.2 Å². The summed E-state index contributed by atoms with van der Waals surface area (Å²) in [5.74, 6) is 0.363. The number of carbonyl (C=O) groups excluding carboxylic acids is 2. The van der Waals surface area contributed by atoms with E-state index in [0.717, 1.165) is 43.4 Å². The Morgan fingerprint density at radius 1 is 1.24 bits per heavy atom. The molecule has 0 bridgehead atoms. The van der Waals surface area contributed by atoms with E-state index in [1.165, 1.54) is 0 Å². The molecular formula is C22H30N2O5. The van der Waals surface area contributed by atoms with Gasteiger partial charge in [0.1, 0.15) is 12.4 Å². The summed E-state index contributed by atoms with van der Waals surface area (Å²) in [5, 5.41) is 13.6. The number of amides is 2. The molecule has 0 aromatic heterocycles. The van der Waals surface area contributed by atoms with Gasteiger partial charge in [0.2, 0.25) is 5.91 Å². The largest absolute Gasteiger partial charge is 0.497 e. The molecule has 2 N–H and O–H groups in total. The number of nitrogens with one attached hydrogen (secondary N) is 1. The van der Waals surface area contributed by atoms with Gasteiger partial charge in [0.05, 0.1) is 18.8 Å². The molecule has 0 unspecified atom stereocenters. The summed E-state index contributed by atoms with van der Waals surface area (Å²) < 4.78 is 11.0. The Balaban J connectivity index is 1.53. The Bertz CT molecular complexity index is 740. The van der Waals surface area contributed by atoms with Crippen molar-refractivity contribution in [3.05, 3.63) is 29.8 Å². The summed E-state index contributed by atoms with van der Waals surface area (Å²) in [6.07, 6.45) is 5.59. The van der Waals surface area contributed by atoms with Crippen molar-refractivity contribution in [2.75, 3.05) is 20.3 Å². The Kier molecular flexibility index (Phi) is 5.79. The topological polar surface area (TPSA) is 88.1 Å². The molecule has 3 aliphatic rings. The summed E-state index contributed by atoms with van der Waals surface area (Å²) >= 11 is 0. The molecule has 7 heteroatoms. The Morgan fingerprint density at radius 3 is 2.55 bits per heavy atom. The SMILES string of the molecule is COc1ccc([C@@H]2[C@@H](C(=O)NCC3(O)CCCCC3)OCC(=O)N2C2CC2)cc1. The van der Waals surface area contributed by atoms with E-state index in [0.29, 0.717) is 12.8 Å². The van der Waals surface area contributed by atoms with E-state index in [9.17, 15) is 14.7 Å². The molecule has 1 saturated heterocycles. The lowest BCUT2D eigenvalue weighted by Crippen LogP contribution is -2.56. The average molecular weight is 402 g/mol. The second-order valence-corrected chi connectivity index (χ2v) is 8.48. The number of carbonyl (C=O) groups is 2. The van der Waals surface area contributed by atoms with Crippen LogP contribution in [0, 0.1) is 0 Å². The summed E-state index contributed by atoms with van der Waals surface area (Å²) in [6.45, 7) is 0.129. The van der Waals surface area contributed by atoms with Crippen molar-refractivity contribution >= 4 is 11.8 Å². The maximum atomic E-state index is 13.1. The second kappa shape index (κ2) is 8.32. The van der Waals surface area contributed by atoms with Gasteiger partial charge in [-0.05, 0) is 43.4 Å². The summed E-state index contributed by atoms with van der Waals surface area (Å²) in [4.78, 5) is 27.5. The fraction of sp³-hybridized carbons (Fsp3) is 0.636. The molecular weight excluding hydrogens is 372 g/mol. The zero-order valence-electron chi connectivity index (χ0n) is 16.9. The first kappa shape index (κ1) is 20.2. The van der Waals surface area contributed by atoms with Crippen LogP contribution < -0.4 is 10.1 Å². The zero-order chi connectivity index (χ0) is 20.4. The van der Waals surface area contributed by atoms with Crippen molar-refractivity contribution in [3.63, 3.8) is 0 Å². The lowest BCUT2D eigenvalue weighted by Gasteiger charge is -2.41. The minimum absolute atomic E-state index is 0.0803. The first-order valence-corrected chi connectivity index (χ1v) is 10.6. The van der Waals surface area contributed by atoms with Gasteiger partial charge in [0.15, 0.2) is 6.10 Å². The van der Waals surface area contributed by atoms with Gasteiger partial charge >= 0.3 is 0 Å². The van der Waals surface area contributed by atoms with Gasteiger partial charge in [-0.3, -0.25) is 9.59 Å². The van der Waals surface area contributed by atoms with Gasteiger partial charge in [0, 0.05) is 12.6 Å². The minimum Gasteiger partial charge on any atom is -0.497 e. The highest BCUT2D eigenvalue weighted by Crippen LogP contribution is 2.40. The second-order valence-electron chi connectivity index (χ2n) is 8.48. The fourth-order valence-electron chi connectivity index (χ4n) is 4.51. The predicted molar refractivity (Wildman–Crippen MR) is 106 cm³/mol. The summed E-state index contributed by atoms with van der Waals surface area (Å²) in [7, 11) is 1.60. The van der Waals surface area contributed by atoms with Crippen LogP contribution in [0.15, 0.2) is 24.3 Å². The molecule has 1 heterocycles. The predicted octanol–water partition coefficient (Wildman–Crippen LogP) is 1.94. The molecule has 1 aliphatic heterocycles. The molecule has 2 saturated carbocycles. The average Bonchev–Trinajstić information content (AvgIpc) is 3.57. The molecule has 3 fully saturated rings. The molecule has 7 nitrogen and oxygen atoms in total. The summed E-state index contributed by atoms with van der Waals surface area (Å²) in [6, 6.07) is 7.12. The molecule has 4 rings (SSSR count). The molecule has 158 valence electrons. The number of methoxy groups -OCH3 is 1. The van der Waals surface area contributed by atoms with Crippen molar-refractivity contribution in [2.24, 2.45) is 0 Å². The highest BCUT2D eigenvalue weighted by Gasteiger charge is 2.47. The van der Waals surface area contributed by atoms with E-state index in [-0.39, 0.29) is 31.0 Å². The Hall–Kier alpha value is -2.12. The van der Waals surface area contributed by atoms with Crippen molar-refractivity contribution in [1.29, 1.82) is 0 Å². The molecule has 1 aromatic carbocycles. The summed E-state index contributed by atoms with van der Waals surface area (Å²) in [5.41, 5.74) is 0.00626. The lowest BCUT2D eigenvalue weighted by atomic mass is 9.85. The smallest absolute Gasteiger partial charge is 0.251 e. The van der Waals surface area contributed by atoms with Gasteiger partial charge in [-0.15, -0.1) is 0 Å². The Labute approximate surface area is 171 Å². The van der Waals surface area contributed by atoms with Gasteiger partial charge in [-0.25, -0.2) is 0 Å². The van der Waals surface area contributed by atoms with Crippen molar-refractivity contribution < 1.29 is 24.2 Å². The third-order valence-electron chi connectivity index (χ3n) is 6.29.